The van der Waals surface area contributed by atoms with Crippen molar-refractivity contribution in [1.29, 1.82) is 0 Å². The Bertz CT molecular complexity index is 470. The van der Waals surface area contributed by atoms with Crippen LogP contribution in [0.3, 0.4) is 0 Å². The minimum Gasteiger partial charge on any atom is -0.462 e. The van der Waals surface area contributed by atoms with Gasteiger partial charge in [0, 0.05) is 6.42 Å². The van der Waals surface area contributed by atoms with Crippen LogP contribution in [-0.4, -0.2) is 29.7 Å². The summed E-state index contributed by atoms with van der Waals surface area (Å²) in [6.07, 6.45) is -0.839. The van der Waals surface area contributed by atoms with E-state index in [1.165, 1.54) is 0 Å². The van der Waals surface area contributed by atoms with E-state index in [0.717, 1.165) is 5.56 Å². The molecule has 0 bridgehead atoms. The minimum absolute atomic E-state index is 0.217. The van der Waals surface area contributed by atoms with Crippen LogP contribution in [0.25, 0.3) is 0 Å². The lowest BCUT2D eigenvalue weighted by molar-refractivity contribution is -0.124. The molecule has 5 heteroatoms. The number of carbonyl (C=O) groups is 2. The number of aliphatic hydroxyl groups is 1. The zero-order valence-electron chi connectivity index (χ0n) is 9.40. The van der Waals surface area contributed by atoms with Gasteiger partial charge in [0.1, 0.15) is 6.10 Å². The number of amides is 1. The molecular formula is C12H13NO4. The van der Waals surface area contributed by atoms with Crippen molar-refractivity contribution < 1.29 is 19.4 Å². The highest BCUT2D eigenvalue weighted by Crippen LogP contribution is 2.27. The Hall–Kier alpha value is -1.88. The van der Waals surface area contributed by atoms with Crippen LogP contribution < -0.4 is 5.32 Å². The second-order valence-corrected chi connectivity index (χ2v) is 3.77. The van der Waals surface area contributed by atoms with Gasteiger partial charge in [0.2, 0.25) is 0 Å². The van der Waals surface area contributed by atoms with E-state index in [-0.39, 0.29) is 13.0 Å². The molecular weight excluding hydrogens is 222 g/mol. The quantitative estimate of drug-likeness (QED) is 0.740. The number of esters is 1. The Balaban J connectivity index is 2.40. The van der Waals surface area contributed by atoms with E-state index < -0.39 is 18.0 Å². The van der Waals surface area contributed by atoms with E-state index in [2.05, 4.69) is 5.32 Å². The number of para-hydroxylation sites is 1. The number of benzene rings is 1. The van der Waals surface area contributed by atoms with Crippen molar-refractivity contribution in [3.05, 3.63) is 29.3 Å². The second kappa shape index (κ2) is 4.55. The van der Waals surface area contributed by atoms with Crippen LogP contribution in [0, 0.1) is 0 Å². The van der Waals surface area contributed by atoms with Crippen LogP contribution in [0.1, 0.15) is 22.8 Å². The lowest BCUT2D eigenvalue weighted by Crippen LogP contribution is -2.35. The van der Waals surface area contributed by atoms with E-state index in [0.29, 0.717) is 11.3 Å². The molecule has 5 nitrogen and oxygen atoms in total. The van der Waals surface area contributed by atoms with Gasteiger partial charge < -0.3 is 15.2 Å². The van der Waals surface area contributed by atoms with Crippen molar-refractivity contribution in [2.45, 2.75) is 19.4 Å². The number of fused-ring (bicyclic) bond motifs is 1. The SMILES string of the molecule is CCOC(=O)c1cccc2c1NC(=O)C(O)C2. The molecule has 0 saturated heterocycles. The molecule has 17 heavy (non-hydrogen) atoms. The zero-order valence-corrected chi connectivity index (χ0v) is 9.40. The fourth-order valence-corrected chi connectivity index (χ4v) is 1.80. The first kappa shape index (κ1) is 11.6. The second-order valence-electron chi connectivity index (χ2n) is 3.77. The third-order valence-corrected chi connectivity index (χ3v) is 2.61. The Labute approximate surface area is 98.4 Å². The van der Waals surface area contributed by atoms with Crippen molar-refractivity contribution >= 4 is 17.6 Å². The van der Waals surface area contributed by atoms with E-state index in [4.69, 9.17) is 4.74 Å². The van der Waals surface area contributed by atoms with Gasteiger partial charge in [0.05, 0.1) is 17.9 Å². The largest absolute Gasteiger partial charge is 0.462 e. The topological polar surface area (TPSA) is 75.6 Å². The van der Waals surface area contributed by atoms with Gasteiger partial charge in [-0.25, -0.2) is 4.79 Å². The summed E-state index contributed by atoms with van der Waals surface area (Å²) in [4.78, 5) is 23.0. The molecule has 0 aliphatic carbocycles. The monoisotopic (exact) mass is 235 g/mol. The van der Waals surface area contributed by atoms with E-state index >= 15 is 0 Å². The molecule has 1 unspecified atom stereocenters. The molecule has 0 aromatic heterocycles. The molecule has 2 rings (SSSR count). The summed E-state index contributed by atoms with van der Waals surface area (Å²) in [5.74, 6) is -0.963. The van der Waals surface area contributed by atoms with Gasteiger partial charge >= 0.3 is 5.97 Å². The highest BCUT2D eigenvalue weighted by atomic mass is 16.5. The molecule has 1 atom stereocenters. The molecule has 1 aromatic rings. The predicted octanol–water partition coefficient (Wildman–Crippen LogP) is 0.719. The van der Waals surface area contributed by atoms with Gasteiger partial charge in [-0.2, -0.15) is 0 Å². The highest BCUT2D eigenvalue weighted by Gasteiger charge is 2.27. The Morgan fingerprint density at radius 1 is 1.59 bits per heavy atom. The molecule has 1 amide bonds. The fourth-order valence-electron chi connectivity index (χ4n) is 1.80. The summed E-state index contributed by atoms with van der Waals surface area (Å²) in [6, 6.07) is 5.06. The van der Waals surface area contributed by atoms with Crippen molar-refractivity contribution in [2.75, 3.05) is 11.9 Å². The number of hydrogen-bond acceptors (Lipinski definition) is 4. The van der Waals surface area contributed by atoms with Crippen LogP contribution in [0.4, 0.5) is 5.69 Å². The zero-order chi connectivity index (χ0) is 12.4. The fraction of sp³-hybridized carbons (Fsp3) is 0.333. The van der Waals surface area contributed by atoms with E-state index in [1.807, 2.05) is 0 Å². The molecule has 1 heterocycles. The summed E-state index contributed by atoms with van der Waals surface area (Å²) in [5.41, 5.74) is 1.51. The van der Waals surface area contributed by atoms with Crippen LogP contribution in [0.5, 0.6) is 0 Å². The number of nitrogens with one attached hydrogen (secondary N) is 1. The molecule has 0 fully saturated rings. The molecule has 0 saturated carbocycles. The summed E-state index contributed by atoms with van der Waals surface area (Å²) < 4.78 is 4.90. The maximum atomic E-state index is 11.7. The Kier molecular flexibility index (Phi) is 3.10. The number of hydrogen-bond donors (Lipinski definition) is 2. The summed E-state index contributed by atoms with van der Waals surface area (Å²) >= 11 is 0. The van der Waals surface area contributed by atoms with Crippen LogP contribution in [0.2, 0.25) is 0 Å². The van der Waals surface area contributed by atoms with Gasteiger partial charge in [0.15, 0.2) is 0 Å². The standard InChI is InChI=1S/C12H13NO4/c1-2-17-12(16)8-5-3-4-7-6-9(14)11(15)13-10(7)8/h3-5,9,14H,2,6H2,1H3,(H,13,15). The third-order valence-electron chi connectivity index (χ3n) is 2.61. The molecule has 1 aliphatic rings. The van der Waals surface area contributed by atoms with E-state index in [1.54, 1.807) is 25.1 Å². The number of carbonyl (C=O) groups excluding carboxylic acids is 2. The molecule has 0 spiro atoms. The van der Waals surface area contributed by atoms with Gasteiger partial charge in [0.25, 0.3) is 5.91 Å². The average molecular weight is 235 g/mol. The molecule has 90 valence electrons. The minimum atomic E-state index is -1.06. The first-order valence-corrected chi connectivity index (χ1v) is 5.41. The van der Waals surface area contributed by atoms with Crippen LogP contribution in [0.15, 0.2) is 18.2 Å². The maximum Gasteiger partial charge on any atom is 0.340 e. The van der Waals surface area contributed by atoms with Crippen molar-refractivity contribution in [1.82, 2.24) is 0 Å². The van der Waals surface area contributed by atoms with Crippen molar-refractivity contribution in [2.24, 2.45) is 0 Å². The number of rotatable bonds is 2. The first-order chi connectivity index (χ1) is 8.13. The smallest absolute Gasteiger partial charge is 0.340 e. The van der Waals surface area contributed by atoms with Crippen LogP contribution >= 0.6 is 0 Å². The van der Waals surface area contributed by atoms with Crippen molar-refractivity contribution in [3.63, 3.8) is 0 Å². The third kappa shape index (κ3) is 2.14. The number of ether oxygens (including phenoxy) is 1. The molecule has 2 N–H and O–H groups in total. The summed E-state index contributed by atoms with van der Waals surface area (Å²) in [5, 5.41) is 12.0. The number of aliphatic hydroxyl groups excluding tert-OH is 1. The lowest BCUT2D eigenvalue weighted by atomic mass is 9.97. The van der Waals surface area contributed by atoms with Crippen molar-refractivity contribution in [3.8, 4) is 0 Å². The summed E-state index contributed by atoms with van der Waals surface area (Å²) in [7, 11) is 0. The number of anilines is 1. The predicted molar refractivity (Wildman–Crippen MR) is 60.7 cm³/mol. The van der Waals surface area contributed by atoms with Crippen LogP contribution in [-0.2, 0) is 16.0 Å². The highest BCUT2D eigenvalue weighted by molar-refractivity contribution is 6.05. The lowest BCUT2D eigenvalue weighted by Gasteiger charge is -2.22. The Morgan fingerprint density at radius 2 is 2.35 bits per heavy atom. The van der Waals surface area contributed by atoms with Gasteiger partial charge in [-0.15, -0.1) is 0 Å². The normalized spacial score (nSPS) is 18.2. The van der Waals surface area contributed by atoms with Gasteiger partial charge in [-0.3, -0.25) is 4.79 Å². The molecule has 0 radical (unpaired) electrons. The summed E-state index contributed by atoms with van der Waals surface area (Å²) in [6.45, 7) is 1.99. The average Bonchev–Trinajstić information content (AvgIpc) is 2.30. The Morgan fingerprint density at radius 3 is 3.06 bits per heavy atom. The van der Waals surface area contributed by atoms with Gasteiger partial charge in [-0.1, -0.05) is 12.1 Å². The van der Waals surface area contributed by atoms with Gasteiger partial charge in [-0.05, 0) is 18.6 Å². The maximum absolute atomic E-state index is 11.7. The van der Waals surface area contributed by atoms with E-state index in [9.17, 15) is 14.7 Å². The molecule has 1 aromatic carbocycles. The first-order valence-electron chi connectivity index (χ1n) is 5.41. The molecule has 1 aliphatic heterocycles.